The zero-order chi connectivity index (χ0) is 25.7. The maximum Gasteiger partial charge on any atom is 0.305 e. The Hall–Kier alpha value is -3.98. The van der Waals surface area contributed by atoms with E-state index in [1.807, 2.05) is 31.2 Å². The highest BCUT2D eigenvalue weighted by Gasteiger charge is 2.24. The number of hydrogen-bond donors (Lipinski definition) is 1. The number of oxazole rings is 1. The van der Waals surface area contributed by atoms with Crippen LogP contribution in [0, 0.1) is 0 Å². The van der Waals surface area contributed by atoms with Gasteiger partial charge in [-0.05, 0) is 24.6 Å². The molecule has 1 aliphatic rings. The van der Waals surface area contributed by atoms with Crippen LogP contribution in [0.3, 0.4) is 0 Å². The van der Waals surface area contributed by atoms with Crippen molar-refractivity contribution in [2.24, 2.45) is 0 Å². The summed E-state index contributed by atoms with van der Waals surface area (Å²) in [6.07, 6.45) is 8.77. The molecule has 0 unspecified atom stereocenters. The molecule has 3 aromatic rings. The van der Waals surface area contributed by atoms with Crippen molar-refractivity contribution < 1.29 is 23.2 Å². The minimum atomic E-state index is -0.174. The topological polar surface area (TPSA) is 97.6 Å². The average Bonchev–Trinajstić information content (AvgIpc) is 3.22. The number of para-hydroxylation sites is 1. The largest absolute Gasteiger partial charge is 0.466 e. The lowest BCUT2D eigenvalue weighted by Crippen LogP contribution is -2.48. The number of hydrogen-bond acceptors (Lipinski definition) is 7. The van der Waals surface area contributed by atoms with Gasteiger partial charge < -0.3 is 23.9 Å². The first-order valence-corrected chi connectivity index (χ1v) is 12.0. The number of fused-ring (bicyclic) bond motifs is 2. The van der Waals surface area contributed by atoms with E-state index in [-0.39, 0.29) is 11.9 Å². The molecule has 4 rings (SSSR count). The van der Waals surface area contributed by atoms with Crippen LogP contribution in [0.4, 0.5) is 11.4 Å². The predicted molar refractivity (Wildman–Crippen MR) is 140 cm³/mol. The quantitative estimate of drug-likeness (QED) is 0.350. The predicted octanol–water partition coefficient (Wildman–Crippen LogP) is 4.43. The number of quaternary nitrogens is 1. The Balaban J connectivity index is 1.52. The Morgan fingerprint density at radius 1 is 1.25 bits per heavy atom. The first-order valence-electron chi connectivity index (χ1n) is 12.0. The molecule has 2 aromatic heterocycles. The van der Waals surface area contributed by atoms with Crippen LogP contribution in [0.25, 0.3) is 22.9 Å². The summed E-state index contributed by atoms with van der Waals surface area (Å²) in [4.78, 5) is 34.0. The lowest BCUT2D eigenvalue weighted by molar-refractivity contribution is -0.889. The lowest BCUT2D eigenvalue weighted by atomic mass is 10.00. The molecule has 0 saturated carbocycles. The molecule has 1 amide bonds. The third-order valence-corrected chi connectivity index (χ3v) is 5.81. The summed E-state index contributed by atoms with van der Waals surface area (Å²) < 4.78 is 11.7. The Bertz CT molecular complexity index is 1320. The van der Waals surface area contributed by atoms with Crippen molar-refractivity contribution >= 4 is 46.1 Å². The molecule has 9 heteroatoms. The van der Waals surface area contributed by atoms with Crippen molar-refractivity contribution in [2.75, 3.05) is 44.1 Å². The van der Waals surface area contributed by atoms with Gasteiger partial charge in [0.2, 0.25) is 11.8 Å². The number of aromatic nitrogens is 2. The maximum absolute atomic E-state index is 11.7. The van der Waals surface area contributed by atoms with Crippen LogP contribution in [-0.4, -0.2) is 60.2 Å². The average molecular weight is 491 g/mol. The van der Waals surface area contributed by atoms with Gasteiger partial charge in [-0.1, -0.05) is 18.2 Å². The van der Waals surface area contributed by atoms with Crippen LogP contribution >= 0.6 is 0 Å². The monoisotopic (exact) mass is 490 g/mol. The minimum Gasteiger partial charge on any atom is -0.466 e. The van der Waals surface area contributed by atoms with E-state index < -0.39 is 0 Å². The molecular formula is C27H32N5O4+. The highest BCUT2D eigenvalue weighted by molar-refractivity contribution is 5.94. The molecule has 0 bridgehead atoms. The first-order chi connectivity index (χ1) is 17.2. The van der Waals surface area contributed by atoms with Gasteiger partial charge in [0.15, 0.2) is 17.9 Å². The van der Waals surface area contributed by atoms with Crippen LogP contribution < -0.4 is 10.2 Å². The fraction of sp³-hybridized carbons (Fsp3) is 0.333. The normalized spacial score (nSPS) is 14.2. The molecule has 0 aliphatic carbocycles. The Labute approximate surface area is 210 Å². The zero-order valence-corrected chi connectivity index (χ0v) is 21.2. The van der Waals surface area contributed by atoms with Gasteiger partial charge in [0.05, 0.1) is 51.2 Å². The second-order valence-electron chi connectivity index (χ2n) is 9.39. The van der Waals surface area contributed by atoms with Crippen LogP contribution in [-0.2, 0) is 14.3 Å². The number of nitrogens with one attached hydrogen (secondary N) is 1. The SMILES string of the molecule is CCOC(=O)CCC[N+](C)(C)CN1C=CC(=Cc2nc3ncc(NC(C)=O)cc3o2)c2ccccc21. The second-order valence-corrected chi connectivity index (χ2v) is 9.39. The number of rotatable bonds is 9. The standard InChI is InChI=1S/C27H31N5O4/c1-5-35-26(34)11-8-14-32(3,4)18-31-13-12-20(22-9-6-7-10-23(22)31)15-25-30-27-24(36-25)16-21(17-28-27)29-19(2)33/h6-7,9-10,12-13,15-17H,5,8,11,14,18H2,1-4H3/p+1. The number of esters is 1. The highest BCUT2D eigenvalue weighted by atomic mass is 16.5. The van der Waals surface area contributed by atoms with Crippen LogP contribution in [0.15, 0.2) is 53.2 Å². The molecular weight excluding hydrogens is 458 g/mol. The number of ether oxygens (including phenoxy) is 1. The van der Waals surface area contributed by atoms with Crippen molar-refractivity contribution in [3.05, 3.63) is 60.3 Å². The molecule has 188 valence electrons. The van der Waals surface area contributed by atoms with Crippen LogP contribution in [0.5, 0.6) is 0 Å². The Morgan fingerprint density at radius 2 is 2.06 bits per heavy atom. The van der Waals surface area contributed by atoms with Crippen molar-refractivity contribution in [1.82, 2.24) is 9.97 Å². The van der Waals surface area contributed by atoms with E-state index in [4.69, 9.17) is 9.15 Å². The fourth-order valence-corrected chi connectivity index (χ4v) is 4.23. The summed E-state index contributed by atoms with van der Waals surface area (Å²) in [5, 5.41) is 2.70. The molecule has 1 aliphatic heterocycles. The van der Waals surface area contributed by atoms with E-state index in [0.717, 1.165) is 40.9 Å². The summed E-state index contributed by atoms with van der Waals surface area (Å²) in [5.74, 6) is 0.124. The number of allylic oxidation sites excluding steroid dienone is 2. The van der Waals surface area contributed by atoms with E-state index in [1.54, 1.807) is 12.3 Å². The van der Waals surface area contributed by atoms with Crippen molar-refractivity contribution in [2.45, 2.75) is 26.7 Å². The number of carbonyl (C=O) groups excluding carboxylic acids is 2. The van der Waals surface area contributed by atoms with E-state index in [9.17, 15) is 9.59 Å². The molecule has 0 radical (unpaired) electrons. The lowest BCUT2D eigenvalue weighted by Gasteiger charge is -2.37. The van der Waals surface area contributed by atoms with Gasteiger partial charge >= 0.3 is 5.97 Å². The molecule has 0 atom stereocenters. The van der Waals surface area contributed by atoms with E-state index >= 15 is 0 Å². The van der Waals surface area contributed by atoms with E-state index in [0.29, 0.717) is 35.8 Å². The number of anilines is 2. The molecule has 1 N–H and O–H groups in total. The third-order valence-electron chi connectivity index (χ3n) is 5.81. The summed E-state index contributed by atoms with van der Waals surface area (Å²) in [5.41, 5.74) is 4.68. The molecule has 3 heterocycles. The summed E-state index contributed by atoms with van der Waals surface area (Å²) in [6, 6.07) is 9.92. The van der Waals surface area contributed by atoms with E-state index in [1.165, 1.54) is 6.92 Å². The first kappa shape index (κ1) is 25.1. The molecule has 1 aromatic carbocycles. The van der Waals surface area contributed by atoms with Gasteiger partial charge in [0, 0.05) is 37.3 Å². The Kier molecular flexibility index (Phi) is 7.49. The maximum atomic E-state index is 11.7. The molecule has 0 fully saturated rings. The van der Waals surface area contributed by atoms with Gasteiger partial charge in [-0.3, -0.25) is 9.59 Å². The summed E-state index contributed by atoms with van der Waals surface area (Å²) in [6.45, 7) is 5.29. The van der Waals surface area contributed by atoms with Gasteiger partial charge in [0.25, 0.3) is 0 Å². The number of pyridine rings is 1. The minimum absolute atomic E-state index is 0.142. The molecule has 0 saturated heterocycles. The molecule has 0 spiro atoms. The van der Waals surface area contributed by atoms with Crippen molar-refractivity contribution in [1.29, 1.82) is 0 Å². The van der Waals surface area contributed by atoms with Gasteiger partial charge in [-0.15, -0.1) is 0 Å². The number of nitrogens with zero attached hydrogens (tertiary/aromatic N) is 4. The Morgan fingerprint density at radius 3 is 2.83 bits per heavy atom. The number of amides is 1. The fourth-order valence-electron chi connectivity index (χ4n) is 4.23. The molecule has 36 heavy (non-hydrogen) atoms. The van der Waals surface area contributed by atoms with Gasteiger partial charge in [-0.2, -0.15) is 4.98 Å². The third kappa shape index (κ3) is 6.17. The molecule has 9 nitrogen and oxygen atoms in total. The van der Waals surface area contributed by atoms with Crippen molar-refractivity contribution in [3.63, 3.8) is 0 Å². The van der Waals surface area contributed by atoms with Crippen LogP contribution in [0.2, 0.25) is 0 Å². The van der Waals surface area contributed by atoms with E-state index in [2.05, 4.69) is 52.6 Å². The van der Waals surface area contributed by atoms with Crippen molar-refractivity contribution in [3.8, 4) is 0 Å². The zero-order valence-electron chi connectivity index (χ0n) is 21.2. The van der Waals surface area contributed by atoms with Gasteiger partial charge in [-0.25, -0.2) is 4.98 Å². The smallest absolute Gasteiger partial charge is 0.305 e. The summed E-state index contributed by atoms with van der Waals surface area (Å²) in [7, 11) is 4.32. The second kappa shape index (κ2) is 10.7. The number of benzene rings is 1. The van der Waals surface area contributed by atoms with Crippen LogP contribution in [0.1, 0.15) is 38.1 Å². The number of carbonyl (C=O) groups is 2. The summed E-state index contributed by atoms with van der Waals surface area (Å²) >= 11 is 0. The highest BCUT2D eigenvalue weighted by Crippen LogP contribution is 2.34. The van der Waals surface area contributed by atoms with Gasteiger partial charge in [0.1, 0.15) is 0 Å².